The SMILES string of the molecule is NCCCC[C@H](NC(=O)C1CCCC1)C(=O)COc1cc(F)ccc1F. The van der Waals surface area contributed by atoms with Crippen LogP contribution in [0.3, 0.4) is 0 Å². The molecule has 2 rings (SSSR count). The lowest BCUT2D eigenvalue weighted by Gasteiger charge is -2.20. The molecule has 7 heteroatoms. The highest BCUT2D eigenvalue weighted by Gasteiger charge is 2.27. The quantitative estimate of drug-likeness (QED) is 0.622. The van der Waals surface area contributed by atoms with E-state index in [2.05, 4.69) is 5.32 Å². The van der Waals surface area contributed by atoms with Gasteiger partial charge >= 0.3 is 0 Å². The monoisotopic (exact) mass is 368 g/mol. The maximum absolute atomic E-state index is 13.6. The van der Waals surface area contributed by atoms with Crippen LogP contribution in [0.2, 0.25) is 0 Å². The molecule has 0 heterocycles. The van der Waals surface area contributed by atoms with Crippen LogP contribution in [-0.4, -0.2) is 30.9 Å². The van der Waals surface area contributed by atoms with E-state index in [9.17, 15) is 18.4 Å². The maximum atomic E-state index is 13.6. The number of nitrogens with two attached hydrogens (primary N) is 1. The zero-order valence-electron chi connectivity index (χ0n) is 14.8. The number of benzene rings is 1. The number of carbonyl (C=O) groups is 2. The van der Waals surface area contributed by atoms with Crippen LogP contribution in [0.1, 0.15) is 44.9 Å². The third-order valence-electron chi connectivity index (χ3n) is 4.64. The Bertz CT molecular complexity index is 619. The highest BCUT2D eigenvalue weighted by Crippen LogP contribution is 2.25. The summed E-state index contributed by atoms with van der Waals surface area (Å²) in [7, 11) is 0. The Morgan fingerprint density at radius 2 is 1.96 bits per heavy atom. The molecule has 0 radical (unpaired) electrons. The number of Topliss-reactive ketones (excluding diaryl/α,β-unsaturated/α-hetero) is 1. The van der Waals surface area contributed by atoms with Gasteiger partial charge in [-0.3, -0.25) is 9.59 Å². The molecule has 0 aliphatic heterocycles. The normalized spacial score (nSPS) is 15.7. The number of nitrogens with one attached hydrogen (secondary N) is 1. The summed E-state index contributed by atoms with van der Waals surface area (Å²) < 4.78 is 31.9. The molecule has 144 valence electrons. The molecule has 3 N–H and O–H groups in total. The second kappa shape index (κ2) is 10.2. The largest absolute Gasteiger partial charge is 0.483 e. The van der Waals surface area contributed by atoms with Crippen molar-refractivity contribution in [3.05, 3.63) is 29.8 Å². The first kappa shape index (κ1) is 20.3. The van der Waals surface area contributed by atoms with E-state index in [4.69, 9.17) is 10.5 Å². The predicted molar refractivity (Wildman–Crippen MR) is 93.7 cm³/mol. The highest BCUT2D eigenvalue weighted by atomic mass is 19.1. The van der Waals surface area contributed by atoms with Crippen molar-refractivity contribution >= 4 is 11.7 Å². The third-order valence-corrected chi connectivity index (χ3v) is 4.64. The minimum atomic E-state index is -0.742. The van der Waals surface area contributed by atoms with Gasteiger partial charge in [-0.05, 0) is 50.8 Å². The smallest absolute Gasteiger partial charge is 0.223 e. The van der Waals surface area contributed by atoms with E-state index in [-0.39, 0.29) is 23.4 Å². The van der Waals surface area contributed by atoms with E-state index >= 15 is 0 Å². The fourth-order valence-corrected chi connectivity index (χ4v) is 3.12. The van der Waals surface area contributed by atoms with Crippen LogP contribution >= 0.6 is 0 Å². The minimum absolute atomic E-state index is 0.0543. The molecule has 0 saturated heterocycles. The third kappa shape index (κ3) is 6.05. The van der Waals surface area contributed by atoms with Gasteiger partial charge in [0.15, 0.2) is 17.3 Å². The second-order valence-electron chi connectivity index (χ2n) is 6.66. The molecular formula is C19H26F2N2O3. The zero-order valence-corrected chi connectivity index (χ0v) is 14.8. The van der Waals surface area contributed by atoms with E-state index in [1.807, 2.05) is 0 Å². The molecule has 1 fully saturated rings. The molecule has 1 saturated carbocycles. The van der Waals surface area contributed by atoms with Crippen molar-refractivity contribution in [2.24, 2.45) is 11.7 Å². The van der Waals surface area contributed by atoms with E-state index in [0.29, 0.717) is 19.4 Å². The zero-order chi connectivity index (χ0) is 18.9. The summed E-state index contributed by atoms with van der Waals surface area (Å²) in [6.07, 6.45) is 5.58. The molecule has 0 unspecified atom stereocenters. The Balaban J connectivity index is 1.94. The van der Waals surface area contributed by atoms with Crippen molar-refractivity contribution in [3.8, 4) is 5.75 Å². The summed E-state index contributed by atoms with van der Waals surface area (Å²) in [4.78, 5) is 24.8. The number of unbranched alkanes of at least 4 members (excludes halogenated alkanes) is 1. The van der Waals surface area contributed by atoms with Crippen LogP contribution < -0.4 is 15.8 Å². The summed E-state index contributed by atoms with van der Waals surface area (Å²) in [5.74, 6) is -2.25. The van der Waals surface area contributed by atoms with Crippen molar-refractivity contribution in [3.63, 3.8) is 0 Å². The predicted octanol–water partition coefficient (Wildman–Crippen LogP) is 2.72. The number of halogens is 2. The van der Waals surface area contributed by atoms with Gasteiger partial charge in [-0.1, -0.05) is 12.8 Å². The van der Waals surface area contributed by atoms with Crippen LogP contribution in [0.4, 0.5) is 8.78 Å². The summed E-state index contributed by atoms with van der Waals surface area (Å²) in [5.41, 5.74) is 5.48. The Morgan fingerprint density at radius 3 is 2.65 bits per heavy atom. The minimum Gasteiger partial charge on any atom is -0.483 e. The lowest BCUT2D eigenvalue weighted by Crippen LogP contribution is -2.45. The van der Waals surface area contributed by atoms with Crippen molar-refractivity contribution in [2.75, 3.05) is 13.2 Å². The fraction of sp³-hybridized carbons (Fsp3) is 0.579. The lowest BCUT2D eigenvalue weighted by atomic mass is 10.0. The first-order valence-corrected chi connectivity index (χ1v) is 9.12. The van der Waals surface area contributed by atoms with Crippen LogP contribution in [0.25, 0.3) is 0 Å². The second-order valence-corrected chi connectivity index (χ2v) is 6.66. The number of hydrogen-bond acceptors (Lipinski definition) is 4. The molecule has 0 aromatic heterocycles. The van der Waals surface area contributed by atoms with Gasteiger partial charge in [-0.2, -0.15) is 0 Å². The Hall–Kier alpha value is -2.02. The van der Waals surface area contributed by atoms with Gasteiger partial charge in [0.25, 0.3) is 0 Å². The van der Waals surface area contributed by atoms with Gasteiger partial charge in [0.1, 0.15) is 12.4 Å². The highest BCUT2D eigenvalue weighted by molar-refractivity contribution is 5.90. The number of rotatable bonds is 10. The number of ketones is 1. The number of hydrogen-bond donors (Lipinski definition) is 2. The Morgan fingerprint density at radius 1 is 1.23 bits per heavy atom. The number of ether oxygens (including phenoxy) is 1. The van der Waals surface area contributed by atoms with Gasteiger partial charge in [0.05, 0.1) is 6.04 Å². The number of amides is 1. The van der Waals surface area contributed by atoms with Crippen molar-refractivity contribution in [1.29, 1.82) is 0 Å². The van der Waals surface area contributed by atoms with Crippen molar-refractivity contribution in [1.82, 2.24) is 5.32 Å². The molecule has 1 aromatic carbocycles. The first-order valence-electron chi connectivity index (χ1n) is 9.12. The van der Waals surface area contributed by atoms with Crippen molar-refractivity contribution in [2.45, 2.75) is 51.0 Å². The Kier molecular flexibility index (Phi) is 7.97. The van der Waals surface area contributed by atoms with Gasteiger partial charge in [0.2, 0.25) is 5.91 Å². The summed E-state index contributed by atoms with van der Waals surface area (Å²) in [6, 6.07) is 2.10. The molecule has 1 aromatic rings. The average molecular weight is 368 g/mol. The van der Waals surface area contributed by atoms with Crippen molar-refractivity contribution < 1.29 is 23.1 Å². The van der Waals surface area contributed by atoms with Gasteiger partial charge < -0.3 is 15.8 Å². The molecule has 1 atom stereocenters. The van der Waals surface area contributed by atoms with Crippen LogP contribution in [-0.2, 0) is 9.59 Å². The van der Waals surface area contributed by atoms with Crippen LogP contribution in [0.15, 0.2) is 18.2 Å². The van der Waals surface area contributed by atoms with E-state index in [1.165, 1.54) is 0 Å². The Labute approximate surface area is 152 Å². The molecule has 26 heavy (non-hydrogen) atoms. The standard InChI is InChI=1S/C19H26F2N2O3/c20-14-8-9-15(21)18(11-14)26-12-17(24)16(7-3-4-10-22)23-19(25)13-5-1-2-6-13/h8-9,11,13,16H,1-7,10,12,22H2,(H,23,25)/t16-/m0/s1. The van der Waals surface area contributed by atoms with Gasteiger partial charge in [0, 0.05) is 12.0 Å². The molecule has 5 nitrogen and oxygen atoms in total. The maximum Gasteiger partial charge on any atom is 0.223 e. The summed E-state index contributed by atoms with van der Waals surface area (Å²) >= 11 is 0. The summed E-state index contributed by atoms with van der Waals surface area (Å²) in [6.45, 7) is 0.0705. The fourth-order valence-electron chi connectivity index (χ4n) is 3.12. The molecular weight excluding hydrogens is 342 g/mol. The van der Waals surface area contributed by atoms with Gasteiger partial charge in [-0.15, -0.1) is 0 Å². The van der Waals surface area contributed by atoms with E-state index < -0.39 is 24.3 Å². The number of carbonyl (C=O) groups excluding carboxylic acids is 2. The topological polar surface area (TPSA) is 81.4 Å². The molecule has 1 aliphatic rings. The molecule has 1 amide bonds. The van der Waals surface area contributed by atoms with Crippen LogP contribution in [0, 0.1) is 17.6 Å². The van der Waals surface area contributed by atoms with Gasteiger partial charge in [-0.25, -0.2) is 8.78 Å². The molecule has 0 bridgehead atoms. The van der Waals surface area contributed by atoms with E-state index in [1.54, 1.807) is 0 Å². The van der Waals surface area contributed by atoms with Crippen LogP contribution in [0.5, 0.6) is 5.75 Å². The molecule has 0 spiro atoms. The lowest BCUT2D eigenvalue weighted by molar-refractivity contribution is -0.131. The summed E-state index contributed by atoms with van der Waals surface area (Å²) in [5, 5.41) is 2.80. The molecule has 1 aliphatic carbocycles. The average Bonchev–Trinajstić information content (AvgIpc) is 3.16. The van der Waals surface area contributed by atoms with E-state index in [0.717, 1.165) is 50.3 Å². The first-order chi connectivity index (χ1) is 12.5.